The molecule has 1 N–H and O–H groups in total. The number of likely N-dealkylation sites (tertiary alicyclic amines) is 1. The molecule has 1 atom stereocenters. The predicted octanol–water partition coefficient (Wildman–Crippen LogP) is 5.07. The largest absolute Gasteiger partial charge is 0.573 e. The first kappa shape index (κ1) is 25.2. The number of ether oxygens (including phenoxy) is 2. The summed E-state index contributed by atoms with van der Waals surface area (Å²) in [6, 6.07) is 11.6. The third-order valence-corrected chi connectivity index (χ3v) is 7.17. The number of halogens is 5. The molecule has 2 heterocycles. The molecular weight excluding hydrogens is 471 g/mol. The molecule has 2 aliphatic rings. The first-order valence-electron chi connectivity index (χ1n) is 11.4. The fourth-order valence-electron chi connectivity index (χ4n) is 5.38. The van der Waals surface area contributed by atoms with Crippen molar-refractivity contribution in [1.29, 1.82) is 0 Å². The molecule has 0 radical (unpaired) electrons. The number of rotatable bonds is 5. The van der Waals surface area contributed by atoms with Crippen LogP contribution < -0.4 is 14.8 Å². The number of carbonyl (C=O) groups excluding carboxylic acids is 1. The highest BCUT2D eigenvalue weighted by Crippen LogP contribution is 2.51. The van der Waals surface area contributed by atoms with E-state index >= 15 is 8.78 Å². The number of benzene rings is 2. The van der Waals surface area contributed by atoms with Crippen molar-refractivity contribution in [2.75, 3.05) is 33.3 Å². The SMILES string of the molecule is COc1ccccc1[C@@H]1CNCCC12CCN(C(=O)C(F)(F)c1ccccc1OC(F)(F)F)CC2. The third-order valence-electron chi connectivity index (χ3n) is 7.17. The molecule has 0 aliphatic carbocycles. The van der Waals surface area contributed by atoms with E-state index in [0.717, 1.165) is 53.4 Å². The number of nitrogens with one attached hydrogen (secondary N) is 1. The van der Waals surface area contributed by atoms with E-state index < -0.39 is 29.5 Å². The lowest BCUT2D eigenvalue weighted by molar-refractivity contribution is -0.275. The maximum Gasteiger partial charge on any atom is 0.573 e. The molecule has 190 valence electrons. The number of carbonyl (C=O) groups is 1. The van der Waals surface area contributed by atoms with Gasteiger partial charge in [0.25, 0.3) is 5.91 Å². The lowest BCUT2D eigenvalue weighted by atomic mass is 9.62. The number of nitrogens with zero attached hydrogens (tertiary/aromatic N) is 1. The van der Waals surface area contributed by atoms with Gasteiger partial charge in [-0.25, -0.2) is 0 Å². The van der Waals surface area contributed by atoms with Crippen LogP contribution in [0.15, 0.2) is 48.5 Å². The van der Waals surface area contributed by atoms with Crippen LogP contribution in [-0.4, -0.2) is 50.5 Å². The molecule has 0 unspecified atom stereocenters. The zero-order chi connectivity index (χ0) is 25.3. The van der Waals surface area contributed by atoms with Gasteiger partial charge >= 0.3 is 12.3 Å². The summed E-state index contributed by atoms with van der Waals surface area (Å²) in [5, 5.41) is 3.40. The van der Waals surface area contributed by atoms with E-state index in [0.29, 0.717) is 19.4 Å². The summed E-state index contributed by atoms with van der Waals surface area (Å²) < 4.78 is 77.8. The molecule has 2 aromatic carbocycles. The second kappa shape index (κ2) is 9.64. The monoisotopic (exact) mass is 498 g/mol. The van der Waals surface area contributed by atoms with Crippen LogP contribution in [-0.2, 0) is 10.7 Å². The van der Waals surface area contributed by atoms with Crippen LogP contribution in [0, 0.1) is 5.41 Å². The highest BCUT2D eigenvalue weighted by atomic mass is 19.4. The molecule has 4 rings (SSSR count). The van der Waals surface area contributed by atoms with Crippen LogP contribution in [0.4, 0.5) is 22.0 Å². The minimum absolute atomic E-state index is 0.0751. The lowest BCUT2D eigenvalue weighted by Crippen LogP contribution is -2.53. The van der Waals surface area contributed by atoms with Gasteiger partial charge in [-0.2, -0.15) is 8.78 Å². The van der Waals surface area contributed by atoms with E-state index in [1.807, 2.05) is 24.3 Å². The summed E-state index contributed by atoms with van der Waals surface area (Å²) in [7, 11) is 1.60. The second-order valence-corrected chi connectivity index (χ2v) is 9.02. The minimum atomic E-state index is -5.16. The Morgan fingerprint density at radius 3 is 2.26 bits per heavy atom. The lowest BCUT2D eigenvalue weighted by Gasteiger charge is -2.50. The van der Waals surface area contributed by atoms with Crippen LogP contribution in [0.25, 0.3) is 0 Å². The van der Waals surface area contributed by atoms with Gasteiger partial charge in [-0.3, -0.25) is 4.79 Å². The number of piperidine rings is 2. The number of methoxy groups -OCH3 is 1. The average Bonchev–Trinajstić information content (AvgIpc) is 2.83. The first-order chi connectivity index (χ1) is 16.6. The van der Waals surface area contributed by atoms with E-state index in [-0.39, 0.29) is 24.4 Å². The van der Waals surface area contributed by atoms with Crippen molar-refractivity contribution >= 4 is 5.91 Å². The number of alkyl halides is 5. The summed E-state index contributed by atoms with van der Waals surface area (Å²) in [6.45, 7) is 1.65. The van der Waals surface area contributed by atoms with Crippen LogP contribution in [0.5, 0.6) is 11.5 Å². The summed E-state index contributed by atoms with van der Waals surface area (Å²) >= 11 is 0. The molecule has 0 bridgehead atoms. The average molecular weight is 498 g/mol. The fourth-order valence-corrected chi connectivity index (χ4v) is 5.38. The molecule has 1 amide bonds. The van der Waals surface area contributed by atoms with Gasteiger partial charge in [0.05, 0.1) is 12.7 Å². The normalized spacial score (nSPS) is 20.5. The van der Waals surface area contributed by atoms with Gasteiger partial charge in [-0.05, 0) is 55.0 Å². The van der Waals surface area contributed by atoms with E-state index in [2.05, 4.69) is 10.1 Å². The topological polar surface area (TPSA) is 50.8 Å². The molecule has 0 saturated carbocycles. The van der Waals surface area contributed by atoms with Gasteiger partial charge < -0.3 is 19.7 Å². The molecule has 1 spiro atoms. The van der Waals surface area contributed by atoms with E-state index in [9.17, 15) is 18.0 Å². The van der Waals surface area contributed by atoms with Crippen LogP contribution in [0.2, 0.25) is 0 Å². The predicted molar refractivity (Wildman–Crippen MR) is 118 cm³/mol. The van der Waals surface area contributed by atoms with E-state index in [1.165, 1.54) is 0 Å². The summed E-state index contributed by atoms with van der Waals surface area (Å²) in [4.78, 5) is 13.9. The van der Waals surface area contributed by atoms with Crippen molar-refractivity contribution < 1.29 is 36.2 Å². The molecule has 35 heavy (non-hydrogen) atoms. The maximum absolute atomic E-state index is 15.2. The van der Waals surface area contributed by atoms with Crippen molar-refractivity contribution in [2.45, 2.75) is 37.5 Å². The number of hydrogen-bond donors (Lipinski definition) is 1. The van der Waals surface area contributed by atoms with Gasteiger partial charge in [-0.1, -0.05) is 30.3 Å². The smallest absolute Gasteiger partial charge is 0.496 e. The quantitative estimate of drug-likeness (QED) is 0.585. The van der Waals surface area contributed by atoms with Gasteiger partial charge in [0, 0.05) is 25.6 Å². The van der Waals surface area contributed by atoms with E-state index in [1.54, 1.807) is 7.11 Å². The van der Waals surface area contributed by atoms with Gasteiger partial charge in [0.1, 0.15) is 11.5 Å². The highest BCUT2D eigenvalue weighted by molar-refractivity contribution is 5.85. The highest BCUT2D eigenvalue weighted by Gasteiger charge is 2.51. The molecule has 2 aliphatic heterocycles. The third kappa shape index (κ3) is 5.07. The molecular formula is C25H27F5N2O3. The van der Waals surface area contributed by atoms with Gasteiger partial charge in [0.2, 0.25) is 0 Å². The molecule has 2 fully saturated rings. The number of hydrogen-bond acceptors (Lipinski definition) is 4. The van der Waals surface area contributed by atoms with Crippen molar-refractivity contribution in [3.8, 4) is 11.5 Å². The van der Waals surface area contributed by atoms with Crippen molar-refractivity contribution in [1.82, 2.24) is 10.2 Å². The Bertz CT molecular complexity index is 1050. The Kier molecular flexibility index (Phi) is 6.95. The molecule has 10 heteroatoms. The van der Waals surface area contributed by atoms with Crippen molar-refractivity contribution in [2.24, 2.45) is 5.41 Å². The summed E-state index contributed by atoms with van der Waals surface area (Å²) in [5.74, 6) is -5.93. The van der Waals surface area contributed by atoms with Crippen molar-refractivity contribution in [3.05, 3.63) is 59.7 Å². The Morgan fingerprint density at radius 1 is 0.971 bits per heavy atom. The summed E-state index contributed by atoms with van der Waals surface area (Å²) in [5.41, 5.74) is -0.273. The Labute approximate surface area is 200 Å². The molecule has 0 aromatic heterocycles. The first-order valence-corrected chi connectivity index (χ1v) is 11.4. The zero-order valence-electron chi connectivity index (χ0n) is 19.2. The maximum atomic E-state index is 15.2. The number of para-hydroxylation sites is 2. The molecule has 2 saturated heterocycles. The zero-order valence-corrected chi connectivity index (χ0v) is 19.2. The summed E-state index contributed by atoms with van der Waals surface area (Å²) in [6.07, 6.45) is -3.34. The Balaban J connectivity index is 1.54. The van der Waals surface area contributed by atoms with Gasteiger partial charge in [-0.15, -0.1) is 13.2 Å². The number of amides is 1. The van der Waals surface area contributed by atoms with Crippen LogP contribution >= 0.6 is 0 Å². The fraction of sp³-hybridized carbons (Fsp3) is 0.480. The van der Waals surface area contributed by atoms with Gasteiger partial charge in [0.15, 0.2) is 0 Å². The molecule has 2 aromatic rings. The minimum Gasteiger partial charge on any atom is -0.496 e. The second-order valence-electron chi connectivity index (χ2n) is 9.02. The Morgan fingerprint density at radius 2 is 1.60 bits per heavy atom. The Hall–Kier alpha value is -2.88. The standard InChI is InChI=1S/C25H27F5N2O3/c1-34-20-8-4-2-6-17(20)19-16-31-13-10-23(19)11-14-32(15-12-23)22(33)24(26,27)18-7-3-5-9-21(18)35-25(28,29)30/h2-9,19,31H,10-16H2,1H3/t19-/m0/s1. The molecule has 5 nitrogen and oxygen atoms in total. The van der Waals surface area contributed by atoms with E-state index in [4.69, 9.17) is 4.74 Å². The van der Waals surface area contributed by atoms with Crippen molar-refractivity contribution in [3.63, 3.8) is 0 Å². The van der Waals surface area contributed by atoms with Crippen LogP contribution in [0.1, 0.15) is 36.3 Å². The van der Waals surface area contributed by atoms with Crippen LogP contribution in [0.3, 0.4) is 0 Å².